The van der Waals surface area contributed by atoms with Crippen molar-refractivity contribution < 1.29 is 14.7 Å². The lowest BCUT2D eigenvalue weighted by atomic mass is 9.90. The van der Waals surface area contributed by atoms with Gasteiger partial charge < -0.3 is 10.0 Å². The number of aromatic nitrogens is 3. The molecule has 0 saturated carbocycles. The van der Waals surface area contributed by atoms with Crippen molar-refractivity contribution in [3.05, 3.63) is 30.1 Å². The van der Waals surface area contributed by atoms with Crippen molar-refractivity contribution >= 4 is 17.4 Å². The smallest absolute Gasteiger partial charge is 0.308 e. The Morgan fingerprint density at radius 1 is 1.38 bits per heavy atom. The SMILES string of the molecule is C[C@@H]1[C@H](C(=O)O)CCCN1C(=O)c1cnn2ncccc12. The topological polar surface area (TPSA) is 87.8 Å². The molecule has 7 nitrogen and oxygen atoms in total. The molecule has 0 aliphatic carbocycles. The van der Waals surface area contributed by atoms with E-state index in [1.165, 1.54) is 10.8 Å². The molecule has 1 N–H and O–H groups in total. The molecule has 7 heteroatoms. The fraction of sp³-hybridized carbons (Fsp3) is 0.429. The number of carboxylic acid groups (broad SMARTS) is 1. The summed E-state index contributed by atoms with van der Waals surface area (Å²) >= 11 is 0. The van der Waals surface area contributed by atoms with Gasteiger partial charge in [0.2, 0.25) is 0 Å². The Labute approximate surface area is 121 Å². The van der Waals surface area contributed by atoms with E-state index in [0.717, 1.165) is 0 Å². The number of carboxylic acids is 1. The highest BCUT2D eigenvalue weighted by Gasteiger charge is 2.36. The molecule has 2 aromatic rings. The Balaban J connectivity index is 1.92. The van der Waals surface area contributed by atoms with E-state index >= 15 is 0 Å². The van der Waals surface area contributed by atoms with E-state index in [1.807, 2.05) is 0 Å². The summed E-state index contributed by atoms with van der Waals surface area (Å²) in [6.07, 6.45) is 4.39. The second-order valence-corrected chi connectivity index (χ2v) is 5.28. The van der Waals surface area contributed by atoms with E-state index in [2.05, 4.69) is 10.2 Å². The van der Waals surface area contributed by atoms with Crippen LogP contribution >= 0.6 is 0 Å². The maximum atomic E-state index is 12.7. The number of carbonyl (C=O) groups excluding carboxylic acids is 1. The van der Waals surface area contributed by atoms with E-state index in [-0.39, 0.29) is 11.9 Å². The Hall–Kier alpha value is -2.44. The monoisotopic (exact) mass is 288 g/mol. The van der Waals surface area contributed by atoms with Gasteiger partial charge in [0.05, 0.1) is 17.7 Å². The number of nitrogens with zero attached hydrogens (tertiary/aromatic N) is 4. The lowest BCUT2D eigenvalue weighted by Crippen LogP contribution is -2.49. The fourth-order valence-corrected chi connectivity index (χ4v) is 2.91. The van der Waals surface area contributed by atoms with Gasteiger partial charge in [0.25, 0.3) is 5.91 Å². The number of hydrogen-bond acceptors (Lipinski definition) is 4. The van der Waals surface area contributed by atoms with Crippen molar-refractivity contribution in [2.45, 2.75) is 25.8 Å². The third-order valence-corrected chi connectivity index (χ3v) is 4.10. The summed E-state index contributed by atoms with van der Waals surface area (Å²) in [4.78, 5) is 25.6. The van der Waals surface area contributed by atoms with Gasteiger partial charge in [0.15, 0.2) is 0 Å². The zero-order valence-electron chi connectivity index (χ0n) is 11.6. The molecule has 0 aromatic carbocycles. The zero-order valence-corrected chi connectivity index (χ0v) is 11.6. The van der Waals surface area contributed by atoms with Gasteiger partial charge in [-0.3, -0.25) is 9.59 Å². The first-order chi connectivity index (χ1) is 10.1. The molecule has 1 aliphatic heterocycles. The molecule has 0 spiro atoms. The van der Waals surface area contributed by atoms with Gasteiger partial charge in [0, 0.05) is 18.8 Å². The molecular weight excluding hydrogens is 272 g/mol. The summed E-state index contributed by atoms with van der Waals surface area (Å²) in [5, 5.41) is 17.3. The molecule has 3 heterocycles. The maximum Gasteiger partial charge on any atom is 0.308 e. The van der Waals surface area contributed by atoms with Gasteiger partial charge in [-0.2, -0.15) is 14.8 Å². The van der Waals surface area contributed by atoms with Gasteiger partial charge in [-0.05, 0) is 31.9 Å². The van der Waals surface area contributed by atoms with E-state index in [4.69, 9.17) is 0 Å². The number of rotatable bonds is 2. The minimum atomic E-state index is -0.846. The first kappa shape index (κ1) is 13.5. The number of carbonyl (C=O) groups is 2. The first-order valence-corrected chi connectivity index (χ1v) is 6.92. The molecule has 110 valence electrons. The lowest BCUT2D eigenvalue weighted by molar-refractivity contribution is -0.144. The van der Waals surface area contributed by atoms with Gasteiger partial charge in [-0.1, -0.05) is 0 Å². The van der Waals surface area contributed by atoms with Gasteiger partial charge in [-0.15, -0.1) is 0 Å². The molecule has 1 aliphatic rings. The molecule has 0 radical (unpaired) electrons. The molecule has 1 amide bonds. The van der Waals surface area contributed by atoms with Crippen LogP contribution in [0.4, 0.5) is 0 Å². The van der Waals surface area contributed by atoms with E-state index in [9.17, 15) is 14.7 Å². The normalized spacial score (nSPS) is 22.4. The van der Waals surface area contributed by atoms with Gasteiger partial charge in [0.1, 0.15) is 5.52 Å². The predicted octanol–water partition coefficient (Wildman–Crippen LogP) is 1.05. The predicted molar refractivity (Wildman–Crippen MR) is 73.8 cm³/mol. The molecule has 2 atom stereocenters. The zero-order chi connectivity index (χ0) is 15.0. The van der Waals surface area contributed by atoms with Crippen molar-refractivity contribution in [3.8, 4) is 0 Å². The van der Waals surface area contributed by atoms with Crippen LogP contribution in [0.2, 0.25) is 0 Å². The Morgan fingerprint density at radius 3 is 2.95 bits per heavy atom. The van der Waals surface area contributed by atoms with Crippen molar-refractivity contribution in [1.82, 2.24) is 19.7 Å². The summed E-state index contributed by atoms with van der Waals surface area (Å²) in [5.41, 5.74) is 1.09. The number of likely N-dealkylation sites (tertiary alicyclic amines) is 1. The standard InChI is InChI=1S/C14H16N4O3/c1-9-10(14(20)21)4-3-7-17(9)13(19)11-8-16-18-12(11)5-2-6-15-18/h2,5-6,8-10H,3-4,7H2,1H3,(H,20,21)/t9-,10-/m1/s1. The summed E-state index contributed by atoms with van der Waals surface area (Å²) in [5.74, 6) is -1.54. The van der Waals surface area contributed by atoms with Crippen molar-refractivity contribution in [3.63, 3.8) is 0 Å². The number of piperidine rings is 1. The summed E-state index contributed by atoms with van der Waals surface area (Å²) in [6, 6.07) is 3.19. The molecule has 0 unspecified atom stereocenters. The van der Waals surface area contributed by atoms with Crippen LogP contribution in [-0.2, 0) is 4.79 Å². The number of hydrogen-bond donors (Lipinski definition) is 1. The maximum absolute atomic E-state index is 12.7. The molecule has 1 fully saturated rings. The van der Waals surface area contributed by atoms with Crippen LogP contribution in [0.3, 0.4) is 0 Å². The molecule has 21 heavy (non-hydrogen) atoms. The van der Waals surface area contributed by atoms with E-state index in [1.54, 1.807) is 30.2 Å². The highest BCUT2D eigenvalue weighted by Crippen LogP contribution is 2.26. The third kappa shape index (κ3) is 2.24. The quantitative estimate of drug-likeness (QED) is 0.892. The van der Waals surface area contributed by atoms with Crippen LogP contribution in [0.5, 0.6) is 0 Å². The van der Waals surface area contributed by atoms with Crippen molar-refractivity contribution in [2.24, 2.45) is 5.92 Å². The highest BCUT2D eigenvalue weighted by molar-refractivity contribution is 6.00. The van der Waals surface area contributed by atoms with Crippen LogP contribution in [0.1, 0.15) is 30.1 Å². The molecule has 2 aromatic heterocycles. The van der Waals surface area contributed by atoms with Crippen LogP contribution in [0.15, 0.2) is 24.5 Å². The third-order valence-electron chi connectivity index (χ3n) is 4.10. The average Bonchev–Trinajstić information content (AvgIpc) is 2.90. The second-order valence-electron chi connectivity index (χ2n) is 5.28. The van der Waals surface area contributed by atoms with E-state index < -0.39 is 11.9 Å². The van der Waals surface area contributed by atoms with Crippen molar-refractivity contribution in [1.29, 1.82) is 0 Å². The largest absolute Gasteiger partial charge is 0.481 e. The number of amides is 1. The molecule has 1 saturated heterocycles. The van der Waals surface area contributed by atoms with Crippen molar-refractivity contribution in [2.75, 3.05) is 6.54 Å². The van der Waals surface area contributed by atoms with Crippen LogP contribution in [0, 0.1) is 5.92 Å². The minimum Gasteiger partial charge on any atom is -0.481 e. The number of aliphatic carboxylic acids is 1. The Morgan fingerprint density at radius 2 is 2.19 bits per heavy atom. The first-order valence-electron chi connectivity index (χ1n) is 6.92. The summed E-state index contributed by atoms with van der Waals surface area (Å²) < 4.78 is 1.40. The lowest BCUT2D eigenvalue weighted by Gasteiger charge is -2.37. The minimum absolute atomic E-state index is 0.184. The number of fused-ring (bicyclic) bond motifs is 1. The highest BCUT2D eigenvalue weighted by atomic mass is 16.4. The molecule has 3 rings (SSSR count). The summed E-state index contributed by atoms with van der Waals surface area (Å²) in [6.45, 7) is 2.36. The van der Waals surface area contributed by atoms with Gasteiger partial charge >= 0.3 is 5.97 Å². The fourth-order valence-electron chi connectivity index (χ4n) is 2.91. The Bertz CT molecular complexity index is 696. The second kappa shape index (κ2) is 5.16. The van der Waals surface area contributed by atoms with Crippen LogP contribution in [0.25, 0.3) is 5.52 Å². The Kier molecular flexibility index (Phi) is 3.32. The van der Waals surface area contributed by atoms with Crippen LogP contribution in [-0.4, -0.2) is 49.3 Å². The molecular formula is C14H16N4O3. The summed E-state index contributed by atoms with van der Waals surface area (Å²) in [7, 11) is 0. The van der Waals surface area contributed by atoms with E-state index in [0.29, 0.717) is 30.5 Å². The van der Waals surface area contributed by atoms with Crippen LogP contribution < -0.4 is 0 Å². The molecule has 0 bridgehead atoms. The average molecular weight is 288 g/mol. The van der Waals surface area contributed by atoms with Gasteiger partial charge in [-0.25, -0.2) is 0 Å².